The molecule has 0 aliphatic rings. The highest BCUT2D eigenvalue weighted by molar-refractivity contribution is 5.71. The lowest BCUT2D eigenvalue weighted by Gasteiger charge is -2.18. The molecule has 6 heteroatoms. The molecule has 0 aromatic carbocycles. The van der Waals surface area contributed by atoms with Gasteiger partial charge in [0.05, 0.1) is 0 Å². The van der Waals surface area contributed by atoms with Gasteiger partial charge in [-0.15, -0.1) is 0 Å². The second-order valence-electron chi connectivity index (χ2n) is 18.8. The van der Waals surface area contributed by atoms with E-state index in [1.165, 1.54) is 173 Å². The van der Waals surface area contributed by atoms with Crippen LogP contribution in [0, 0.1) is 11.8 Å². The van der Waals surface area contributed by atoms with E-state index in [4.69, 9.17) is 14.2 Å². The first-order chi connectivity index (χ1) is 28.2. The van der Waals surface area contributed by atoms with Crippen LogP contribution in [-0.2, 0) is 28.6 Å². The summed E-state index contributed by atoms with van der Waals surface area (Å²) in [6.45, 7) is 11.3. The van der Waals surface area contributed by atoms with E-state index in [9.17, 15) is 14.4 Å². The molecule has 0 rings (SSSR count). The molecule has 58 heavy (non-hydrogen) atoms. The molecule has 0 unspecified atom stereocenters. The van der Waals surface area contributed by atoms with Gasteiger partial charge in [0, 0.05) is 19.3 Å². The Balaban J connectivity index is 4.31. The summed E-state index contributed by atoms with van der Waals surface area (Å²) in [5.74, 6) is 0.771. The Morgan fingerprint density at radius 2 is 0.569 bits per heavy atom. The van der Waals surface area contributed by atoms with Gasteiger partial charge in [-0.25, -0.2) is 0 Å². The highest BCUT2D eigenvalue weighted by Crippen LogP contribution is 2.17. The Kier molecular flexibility index (Phi) is 43.7. The summed E-state index contributed by atoms with van der Waals surface area (Å²) in [7, 11) is 0. The first-order valence-corrected chi connectivity index (χ1v) is 25.7. The highest BCUT2D eigenvalue weighted by Gasteiger charge is 2.19. The second-order valence-corrected chi connectivity index (χ2v) is 18.8. The minimum Gasteiger partial charge on any atom is -0.462 e. The molecule has 344 valence electrons. The summed E-state index contributed by atoms with van der Waals surface area (Å²) in [5.41, 5.74) is 0. The van der Waals surface area contributed by atoms with Crippen LogP contribution in [0.5, 0.6) is 0 Å². The van der Waals surface area contributed by atoms with Gasteiger partial charge in [0.1, 0.15) is 13.2 Å². The minimum atomic E-state index is -0.762. The summed E-state index contributed by atoms with van der Waals surface area (Å²) < 4.78 is 16.8. The van der Waals surface area contributed by atoms with E-state index in [1.54, 1.807) is 0 Å². The number of carbonyl (C=O) groups is 3. The third-order valence-corrected chi connectivity index (χ3v) is 11.7. The molecular formula is C52H100O6. The predicted molar refractivity (Wildman–Crippen MR) is 247 cm³/mol. The van der Waals surface area contributed by atoms with Crippen LogP contribution in [0.2, 0.25) is 0 Å². The normalized spacial score (nSPS) is 12.1. The Morgan fingerprint density at radius 3 is 0.845 bits per heavy atom. The molecule has 0 amide bonds. The Labute approximate surface area is 361 Å². The average Bonchev–Trinajstić information content (AvgIpc) is 3.19. The molecule has 0 spiro atoms. The molecule has 0 saturated carbocycles. The molecule has 0 aromatic rings. The fraction of sp³-hybridized carbons (Fsp3) is 0.942. The van der Waals surface area contributed by atoms with Crippen LogP contribution < -0.4 is 0 Å². The van der Waals surface area contributed by atoms with Gasteiger partial charge in [-0.1, -0.05) is 247 Å². The zero-order valence-electron chi connectivity index (χ0n) is 39.7. The van der Waals surface area contributed by atoms with Gasteiger partial charge in [0.15, 0.2) is 6.10 Å². The van der Waals surface area contributed by atoms with Gasteiger partial charge in [-0.2, -0.15) is 0 Å². The quantitative estimate of drug-likeness (QED) is 0.0346. The first kappa shape index (κ1) is 56.4. The van der Waals surface area contributed by atoms with Crippen LogP contribution in [-0.4, -0.2) is 37.2 Å². The van der Waals surface area contributed by atoms with E-state index in [2.05, 4.69) is 34.6 Å². The van der Waals surface area contributed by atoms with E-state index in [1.807, 2.05) is 0 Å². The molecule has 0 radical (unpaired) electrons. The number of hydrogen-bond donors (Lipinski definition) is 0. The zero-order valence-corrected chi connectivity index (χ0v) is 39.7. The molecule has 0 saturated heterocycles. The van der Waals surface area contributed by atoms with Crippen molar-refractivity contribution in [1.29, 1.82) is 0 Å². The minimum absolute atomic E-state index is 0.0640. The van der Waals surface area contributed by atoms with Crippen molar-refractivity contribution in [3.63, 3.8) is 0 Å². The Bertz CT molecular complexity index is 885. The lowest BCUT2D eigenvalue weighted by Crippen LogP contribution is -2.30. The predicted octanol–water partition coefficient (Wildman–Crippen LogP) is 16.5. The van der Waals surface area contributed by atoms with Crippen LogP contribution in [0.25, 0.3) is 0 Å². The van der Waals surface area contributed by atoms with Crippen LogP contribution >= 0.6 is 0 Å². The van der Waals surface area contributed by atoms with Crippen molar-refractivity contribution in [2.45, 2.75) is 291 Å². The van der Waals surface area contributed by atoms with Crippen molar-refractivity contribution in [2.75, 3.05) is 13.2 Å². The lowest BCUT2D eigenvalue weighted by atomic mass is 10.0. The number of unbranched alkanes of at least 4 members (excludes halogenated alkanes) is 31. The largest absolute Gasteiger partial charge is 0.462 e. The highest BCUT2D eigenvalue weighted by atomic mass is 16.6. The smallest absolute Gasteiger partial charge is 0.306 e. The molecule has 0 N–H and O–H groups in total. The van der Waals surface area contributed by atoms with Crippen LogP contribution in [0.3, 0.4) is 0 Å². The Hall–Kier alpha value is -1.59. The van der Waals surface area contributed by atoms with E-state index < -0.39 is 6.10 Å². The van der Waals surface area contributed by atoms with Crippen LogP contribution in [0.1, 0.15) is 285 Å². The molecule has 0 aromatic heterocycles. The van der Waals surface area contributed by atoms with E-state index >= 15 is 0 Å². The number of carbonyl (C=O) groups excluding carboxylic acids is 3. The summed E-state index contributed by atoms with van der Waals surface area (Å²) in [6.07, 6.45) is 45.2. The third-order valence-electron chi connectivity index (χ3n) is 11.7. The summed E-state index contributed by atoms with van der Waals surface area (Å²) >= 11 is 0. The molecule has 6 nitrogen and oxygen atoms in total. The van der Waals surface area contributed by atoms with Crippen molar-refractivity contribution in [1.82, 2.24) is 0 Å². The molecule has 0 aliphatic heterocycles. The summed E-state index contributed by atoms with van der Waals surface area (Å²) in [6, 6.07) is 0. The maximum atomic E-state index is 12.8. The van der Waals surface area contributed by atoms with Gasteiger partial charge in [0.2, 0.25) is 0 Å². The Morgan fingerprint density at radius 1 is 0.328 bits per heavy atom. The second kappa shape index (κ2) is 44.9. The number of ether oxygens (including phenoxy) is 3. The topological polar surface area (TPSA) is 78.9 Å². The van der Waals surface area contributed by atoms with E-state index in [-0.39, 0.29) is 31.1 Å². The van der Waals surface area contributed by atoms with Crippen molar-refractivity contribution in [3.05, 3.63) is 0 Å². The fourth-order valence-electron chi connectivity index (χ4n) is 7.81. The van der Waals surface area contributed by atoms with E-state index in [0.717, 1.165) is 69.6 Å². The van der Waals surface area contributed by atoms with Crippen molar-refractivity contribution in [2.24, 2.45) is 11.8 Å². The molecular weight excluding hydrogens is 721 g/mol. The van der Waals surface area contributed by atoms with Crippen LogP contribution in [0.15, 0.2) is 0 Å². The van der Waals surface area contributed by atoms with E-state index in [0.29, 0.717) is 19.3 Å². The summed E-state index contributed by atoms with van der Waals surface area (Å²) in [4.78, 5) is 37.9. The molecule has 0 heterocycles. The first-order valence-electron chi connectivity index (χ1n) is 25.7. The maximum absolute atomic E-state index is 12.8. The van der Waals surface area contributed by atoms with Crippen molar-refractivity contribution < 1.29 is 28.6 Å². The van der Waals surface area contributed by atoms with Gasteiger partial charge < -0.3 is 14.2 Å². The molecule has 0 fully saturated rings. The van der Waals surface area contributed by atoms with Crippen LogP contribution in [0.4, 0.5) is 0 Å². The SMILES string of the molecule is CCCCCCCCCCCCCCCCCC(=O)OC[C@@H](COC(=O)CCCCCCCCCCC(C)C)OC(=O)CCCCCCCCCCCCCC(C)C. The third kappa shape index (κ3) is 45.5. The van der Waals surface area contributed by atoms with Crippen molar-refractivity contribution >= 4 is 17.9 Å². The monoisotopic (exact) mass is 821 g/mol. The number of hydrogen-bond acceptors (Lipinski definition) is 6. The number of esters is 3. The molecule has 0 bridgehead atoms. The van der Waals surface area contributed by atoms with Crippen molar-refractivity contribution in [3.8, 4) is 0 Å². The van der Waals surface area contributed by atoms with Gasteiger partial charge in [0.25, 0.3) is 0 Å². The zero-order chi connectivity index (χ0) is 42.6. The fourth-order valence-corrected chi connectivity index (χ4v) is 7.81. The lowest BCUT2D eigenvalue weighted by molar-refractivity contribution is -0.167. The standard InChI is InChI=1S/C52H100O6/c1-6-7-8-9-10-11-12-13-14-15-18-21-27-32-37-42-50(53)56-45-49(46-57-51(54)43-38-33-28-24-23-26-31-36-41-48(4)5)58-52(55)44-39-34-29-22-19-16-17-20-25-30-35-40-47(2)3/h47-49H,6-46H2,1-5H3/t49-/m0/s1. The average molecular weight is 821 g/mol. The summed E-state index contributed by atoms with van der Waals surface area (Å²) in [5, 5.41) is 0. The van der Waals surface area contributed by atoms with Gasteiger partial charge in [-0.3, -0.25) is 14.4 Å². The van der Waals surface area contributed by atoms with Gasteiger partial charge in [-0.05, 0) is 31.1 Å². The maximum Gasteiger partial charge on any atom is 0.306 e. The molecule has 1 atom stereocenters. The van der Waals surface area contributed by atoms with Gasteiger partial charge >= 0.3 is 17.9 Å². The number of rotatable bonds is 46. The molecule has 0 aliphatic carbocycles.